The molecule has 120 valence electrons. The molecule has 0 unspecified atom stereocenters. The third-order valence-electron chi connectivity index (χ3n) is 4.27. The van der Waals surface area contributed by atoms with Crippen molar-refractivity contribution < 1.29 is 10.3 Å². The van der Waals surface area contributed by atoms with Crippen molar-refractivity contribution in [3.63, 3.8) is 0 Å². The largest absolute Gasteiger partial charge is 0.381 e. The minimum absolute atomic E-state index is 0.635. The van der Waals surface area contributed by atoms with E-state index in [9.17, 15) is 0 Å². The first kappa shape index (κ1) is 14.2. The van der Waals surface area contributed by atoms with Crippen molar-refractivity contribution >= 4 is 23.1 Å². The lowest BCUT2D eigenvalue weighted by atomic mass is 10.0. The molecule has 1 aromatic carbocycles. The van der Waals surface area contributed by atoms with Crippen LogP contribution in [0.5, 0.6) is 0 Å². The molecule has 2 aliphatic rings. The lowest BCUT2D eigenvalue weighted by Gasteiger charge is -2.22. The number of nitrogens with two attached hydrogens (primary N) is 1. The molecule has 0 radical (unpaired) electrons. The molecule has 23 heavy (non-hydrogen) atoms. The Morgan fingerprint density at radius 2 is 2.09 bits per heavy atom. The standard InChI is InChI=1S/C16H20N6O/c1-2-4-13(5-3-1)22-15-14(20-21-22)11-18-16(19-15)17-10-12-6-8-23-9-7-12/h1-5,11-12,20-21H,6-10H2,(H,17,18,19)/p+1. The van der Waals surface area contributed by atoms with Crippen molar-refractivity contribution in [2.24, 2.45) is 5.92 Å². The zero-order valence-corrected chi connectivity index (χ0v) is 12.9. The smallest absolute Gasteiger partial charge is 0.224 e. The molecule has 1 aromatic heterocycles. The summed E-state index contributed by atoms with van der Waals surface area (Å²) in [6.45, 7) is 2.61. The fourth-order valence-electron chi connectivity index (χ4n) is 2.91. The number of nitrogen functional groups attached to an aromatic ring is 1. The number of anilines is 4. The van der Waals surface area contributed by atoms with Gasteiger partial charge in [0.1, 0.15) is 0 Å². The number of fused-ring (bicyclic) bond motifs is 1. The molecule has 0 spiro atoms. The van der Waals surface area contributed by atoms with Crippen LogP contribution in [0.3, 0.4) is 0 Å². The summed E-state index contributed by atoms with van der Waals surface area (Å²) in [5.41, 5.74) is 7.13. The highest BCUT2D eigenvalue weighted by atomic mass is 16.5. The molecular weight excluding hydrogens is 292 g/mol. The predicted octanol–water partition coefficient (Wildman–Crippen LogP) is 1.27. The maximum absolute atomic E-state index is 5.40. The molecule has 1 fully saturated rings. The first-order valence-electron chi connectivity index (χ1n) is 8.03. The van der Waals surface area contributed by atoms with E-state index in [0.717, 1.165) is 49.8 Å². The summed E-state index contributed by atoms with van der Waals surface area (Å²) in [4.78, 5) is 9.07. The zero-order chi connectivity index (χ0) is 15.5. The van der Waals surface area contributed by atoms with Crippen molar-refractivity contribution in [1.29, 1.82) is 0 Å². The average molecular weight is 313 g/mol. The number of nitrogens with zero attached hydrogens (tertiary/aromatic N) is 3. The van der Waals surface area contributed by atoms with E-state index in [1.54, 1.807) is 0 Å². The average Bonchev–Trinajstić information content (AvgIpc) is 3.05. The molecule has 3 heterocycles. The van der Waals surface area contributed by atoms with Crippen LogP contribution >= 0.6 is 0 Å². The number of rotatable bonds is 4. The topological polar surface area (TPSA) is 78.9 Å². The van der Waals surface area contributed by atoms with E-state index >= 15 is 0 Å². The van der Waals surface area contributed by atoms with Gasteiger partial charge >= 0.3 is 0 Å². The molecule has 4 N–H and O–H groups in total. The molecule has 0 amide bonds. The van der Waals surface area contributed by atoms with Crippen molar-refractivity contribution in [1.82, 2.24) is 9.97 Å². The Morgan fingerprint density at radius 1 is 1.26 bits per heavy atom. The van der Waals surface area contributed by atoms with Gasteiger partial charge in [0.2, 0.25) is 11.8 Å². The van der Waals surface area contributed by atoms with Gasteiger partial charge in [0.05, 0.1) is 11.9 Å². The predicted molar refractivity (Wildman–Crippen MR) is 88.2 cm³/mol. The van der Waals surface area contributed by atoms with Crippen LogP contribution in [0.4, 0.5) is 23.1 Å². The second kappa shape index (κ2) is 6.39. The summed E-state index contributed by atoms with van der Waals surface area (Å²) in [7, 11) is 0. The third-order valence-corrected chi connectivity index (χ3v) is 4.27. The third kappa shape index (κ3) is 3.06. The molecule has 2 aliphatic heterocycles. The van der Waals surface area contributed by atoms with Crippen LogP contribution in [0, 0.1) is 5.92 Å². The second-order valence-corrected chi connectivity index (χ2v) is 5.85. The molecule has 7 heteroatoms. The van der Waals surface area contributed by atoms with Crippen LogP contribution in [0.15, 0.2) is 36.5 Å². The number of nitrogens with one attached hydrogen (secondary N) is 2. The van der Waals surface area contributed by atoms with Gasteiger partial charge in [-0.1, -0.05) is 18.2 Å². The van der Waals surface area contributed by atoms with Gasteiger partial charge in [-0.15, -0.1) is 5.53 Å². The number of hydrogen-bond donors (Lipinski definition) is 3. The molecule has 7 nitrogen and oxygen atoms in total. The van der Waals surface area contributed by atoms with Gasteiger partial charge in [-0.05, 0) is 30.9 Å². The lowest BCUT2D eigenvalue weighted by molar-refractivity contribution is -0.622. The van der Waals surface area contributed by atoms with Gasteiger partial charge < -0.3 is 10.1 Å². The van der Waals surface area contributed by atoms with E-state index in [0.29, 0.717) is 11.9 Å². The Bertz CT molecular complexity index is 659. The number of ether oxygens (including phenoxy) is 1. The minimum atomic E-state index is 0.635. The van der Waals surface area contributed by atoms with Crippen LogP contribution in [-0.4, -0.2) is 29.7 Å². The van der Waals surface area contributed by atoms with Crippen LogP contribution < -0.4 is 21.3 Å². The summed E-state index contributed by atoms with van der Waals surface area (Å²) in [6, 6.07) is 10.2. The fourth-order valence-corrected chi connectivity index (χ4v) is 2.91. The number of benzene rings is 1. The summed E-state index contributed by atoms with van der Waals surface area (Å²) in [5.74, 6) is 2.18. The normalized spacial score (nSPS) is 17.7. The van der Waals surface area contributed by atoms with E-state index in [1.165, 1.54) is 0 Å². The van der Waals surface area contributed by atoms with Gasteiger partial charge in [0, 0.05) is 19.8 Å². The van der Waals surface area contributed by atoms with E-state index in [4.69, 9.17) is 4.74 Å². The number of hydrogen-bond acceptors (Lipinski definition) is 6. The van der Waals surface area contributed by atoms with Crippen LogP contribution in [0.2, 0.25) is 0 Å². The van der Waals surface area contributed by atoms with Crippen molar-refractivity contribution in [2.75, 3.05) is 35.5 Å². The second-order valence-electron chi connectivity index (χ2n) is 5.85. The monoisotopic (exact) mass is 313 g/mol. The van der Waals surface area contributed by atoms with Gasteiger partial charge in [0.15, 0.2) is 5.69 Å². The van der Waals surface area contributed by atoms with Gasteiger partial charge in [-0.3, -0.25) is 0 Å². The molecule has 2 aromatic rings. The number of aromatic nitrogens is 2. The Labute approximate surface area is 135 Å². The van der Waals surface area contributed by atoms with E-state index in [2.05, 4.69) is 32.8 Å². The van der Waals surface area contributed by atoms with Gasteiger partial charge in [0.25, 0.3) is 0 Å². The Balaban J connectivity index is 1.49. The molecule has 1 saturated heterocycles. The number of quaternary nitrogens is 1. The summed E-state index contributed by atoms with van der Waals surface area (Å²) in [5, 5.41) is 5.41. The summed E-state index contributed by atoms with van der Waals surface area (Å²) in [6.07, 6.45) is 4.03. The Morgan fingerprint density at radius 3 is 2.91 bits per heavy atom. The van der Waals surface area contributed by atoms with E-state index in [1.807, 2.05) is 34.9 Å². The Hall–Kier alpha value is -2.38. The van der Waals surface area contributed by atoms with Gasteiger partial charge in [-0.25, -0.2) is 10.4 Å². The molecular formula is C16H21N6O+. The minimum Gasteiger partial charge on any atom is -0.381 e. The quantitative estimate of drug-likeness (QED) is 0.738. The first-order valence-corrected chi connectivity index (χ1v) is 8.03. The highest BCUT2D eigenvalue weighted by Gasteiger charge is 2.27. The molecule has 0 bridgehead atoms. The zero-order valence-electron chi connectivity index (χ0n) is 12.9. The highest BCUT2D eigenvalue weighted by Crippen LogP contribution is 2.29. The first-order chi connectivity index (χ1) is 11.4. The SMILES string of the molecule is c1ccc(N2[NH2+]Nc3cnc(NCC4CCOCC4)nc32)cc1. The number of para-hydroxylation sites is 1. The maximum Gasteiger partial charge on any atom is 0.224 e. The van der Waals surface area contributed by atoms with Crippen LogP contribution in [0.25, 0.3) is 0 Å². The van der Waals surface area contributed by atoms with E-state index < -0.39 is 0 Å². The molecule has 4 rings (SSSR count). The highest BCUT2D eigenvalue weighted by molar-refractivity contribution is 5.72. The van der Waals surface area contributed by atoms with Crippen molar-refractivity contribution in [3.05, 3.63) is 36.5 Å². The summed E-state index contributed by atoms with van der Waals surface area (Å²) < 4.78 is 5.40. The summed E-state index contributed by atoms with van der Waals surface area (Å²) >= 11 is 0. The van der Waals surface area contributed by atoms with Gasteiger partial charge in [-0.2, -0.15) is 9.99 Å². The van der Waals surface area contributed by atoms with Crippen LogP contribution in [0.1, 0.15) is 12.8 Å². The van der Waals surface area contributed by atoms with Crippen molar-refractivity contribution in [3.8, 4) is 0 Å². The van der Waals surface area contributed by atoms with Crippen molar-refractivity contribution in [2.45, 2.75) is 12.8 Å². The maximum atomic E-state index is 5.40. The van der Waals surface area contributed by atoms with E-state index in [-0.39, 0.29) is 0 Å². The molecule has 0 atom stereocenters. The molecule has 0 aliphatic carbocycles. The molecule has 0 saturated carbocycles. The Kier molecular flexibility index (Phi) is 3.95. The fraction of sp³-hybridized carbons (Fsp3) is 0.375. The van der Waals surface area contributed by atoms with Crippen LogP contribution in [-0.2, 0) is 4.74 Å². The lowest BCUT2D eigenvalue weighted by Crippen LogP contribution is -2.94.